The van der Waals surface area contributed by atoms with Crippen molar-refractivity contribution in [3.63, 3.8) is 0 Å². The number of hydrogen-bond donors (Lipinski definition) is 9. The van der Waals surface area contributed by atoms with Gasteiger partial charge >= 0.3 is 26.4 Å². The minimum absolute atomic E-state index is 0.0678. The summed E-state index contributed by atoms with van der Waals surface area (Å²) < 4.78 is 235. The van der Waals surface area contributed by atoms with Crippen LogP contribution in [0.4, 0.5) is 105 Å². The topological polar surface area (TPSA) is 397 Å². The van der Waals surface area contributed by atoms with Gasteiger partial charge in [0.15, 0.2) is 52.0 Å². The highest BCUT2D eigenvalue weighted by Gasteiger charge is 2.34. The van der Waals surface area contributed by atoms with Gasteiger partial charge in [0, 0.05) is 146 Å². The lowest BCUT2D eigenvalue weighted by molar-refractivity contribution is -0.139. The van der Waals surface area contributed by atoms with Gasteiger partial charge in [0.25, 0.3) is 0 Å². The summed E-state index contributed by atoms with van der Waals surface area (Å²) in [6, 6.07) is 30.3. The third-order valence-corrected chi connectivity index (χ3v) is 21.0. The van der Waals surface area contributed by atoms with Gasteiger partial charge < -0.3 is 75.0 Å². The summed E-state index contributed by atoms with van der Waals surface area (Å²) in [7, 11) is -0.855. The summed E-state index contributed by atoms with van der Waals surface area (Å²) in [5.41, 5.74) is 3.08. The van der Waals surface area contributed by atoms with E-state index in [0.717, 1.165) is 0 Å². The van der Waals surface area contributed by atoms with Crippen LogP contribution in [0.5, 0.6) is 34.5 Å². The molecule has 9 N–H and O–H groups in total. The maximum absolute atomic E-state index is 15.0. The van der Waals surface area contributed by atoms with Crippen LogP contribution >= 0.6 is 7.82 Å². The molecule has 0 atom stereocenters. The number of phosphoric acid groups is 1. The quantitative estimate of drug-likeness (QED) is 0.00971. The molecule has 0 radical (unpaired) electrons. The number of alkyl halides is 9. The number of amides is 3. The molecule has 131 heavy (non-hydrogen) atoms. The molecule has 0 saturated heterocycles. The number of rotatable bonds is 51. The van der Waals surface area contributed by atoms with Crippen LogP contribution < -0.4 is 60.3 Å². The number of halogens is 12. The number of fused-ring (bicyclic) bond motifs is 3. The van der Waals surface area contributed by atoms with E-state index in [9.17, 15) is 71.6 Å². The highest BCUT2D eigenvalue weighted by Crippen LogP contribution is 2.50. The number of H-pyrrole nitrogens is 3. The highest BCUT2D eigenvalue weighted by molar-refractivity contribution is 7.48. The van der Waals surface area contributed by atoms with E-state index in [1.54, 1.807) is 54.6 Å². The fourth-order valence-corrected chi connectivity index (χ4v) is 14.4. The third-order valence-electron chi connectivity index (χ3n) is 19.5. The summed E-state index contributed by atoms with van der Waals surface area (Å²) in [6.07, 6.45) is -14.3. The normalized spacial score (nSPS) is 12.0. The lowest BCUT2D eigenvalue weighted by atomic mass is 10.2. The Kier molecular flexibility index (Phi) is 33.9. The number of phosphoric ester groups is 1. The molecule has 698 valence electrons. The SMILES string of the molecule is COc1cc2c(Nc3cc(CC(=O)Nc4cccc(F)c4)[nH]n3)ncnc2cc1OCCCN(CCOP(=O)(OCCN(CCCOc1cc2ncnc(Nc3cc(CC(=O)Nc4cccc(F)c4)[nH]n3)c2cc1OC)CCC(F)(F)F)OCCN(CCCOc1cc2ncnc(Nc3cc(CC(=O)Nc4cccc(F)c4)[nH]n3)c2cc1OC)CCC(F)(F)F)CCC(F)(F)F. The number of methoxy groups -OCH3 is 3. The zero-order valence-corrected chi connectivity index (χ0v) is 71.4. The fourth-order valence-electron chi connectivity index (χ4n) is 13.3. The molecule has 0 aliphatic carbocycles. The van der Waals surface area contributed by atoms with Crippen LogP contribution in [0.3, 0.4) is 0 Å². The number of aromatic nitrogens is 12. The fraction of sp³-hybridized carbons (Fsp3) is 0.357. The number of aromatic amines is 3. The standard InChI is InChI=1S/C84H90F12N21O13P/c1-122-67-43-61-64(97-49-100-79(61)106-73-37-58(109-112-73)40-76(118)103-55-13-4-10-52(85)34-55)46-70(67)125-28-7-19-115(22-16-82(88,89)90)25-31-128-131(121,129-32-26-116(23-17-83(91,92)93)20-8-29-126-71-47-65-62(44-68(71)123-2)80(101-50-98-65)107-74-38-59(110-113-74)41-77(119)104-56-14-5-11-53(86)35-56)130-33-27-117(24-18-84(94,95)96)21-9-30-127-72-48-66-63(45-69(72)124-3)81(102-51-99-66)108-75-39-60(111-114-75)42-78(120)105-57-15-6-12-54(87)36-57/h4-6,10-15,34-39,43-51H,7-9,16-33,40-42H2,1-3H3,(H,103,118)(H,104,119)(H,105,120)(H2,97,100,106,109,112)(H2,98,101,107,110,113)(H2,99,102,108,111,114). The van der Waals surface area contributed by atoms with Gasteiger partial charge in [0.05, 0.1) is 116 Å². The molecule has 0 bridgehead atoms. The van der Waals surface area contributed by atoms with Gasteiger partial charge in [-0.15, -0.1) is 0 Å². The number of carbonyl (C=O) groups is 3. The zero-order chi connectivity index (χ0) is 93.1. The van der Waals surface area contributed by atoms with E-state index in [0.29, 0.717) is 49.8 Å². The van der Waals surface area contributed by atoms with Crippen molar-refractivity contribution < 1.29 is 114 Å². The summed E-state index contributed by atoms with van der Waals surface area (Å²) in [5, 5.41) is 39.4. The van der Waals surface area contributed by atoms with Crippen molar-refractivity contribution in [1.29, 1.82) is 0 Å². The molecular formula is C84H90F12N21O13P. The van der Waals surface area contributed by atoms with Crippen molar-refractivity contribution in [1.82, 2.24) is 75.2 Å². The molecule has 12 rings (SSSR count). The van der Waals surface area contributed by atoms with Gasteiger partial charge in [-0.05, 0) is 92.1 Å². The van der Waals surface area contributed by atoms with Gasteiger partial charge in [-0.25, -0.2) is 47.6 Å². The monoisotopic (exact) mass is 1860 g/mol. The van der Waals surface area contributed by atoms with E-state index < -0.39 is 120 Å². The molecule has 0 spiro atoms. The molecule has 47 heteroatoms. The first-order valence-corrected chi connectivity index (χ1v) is 42.2. The molecule has 0 aliphatic heterocycles. The molecule has 6 heterocycles. The summed E-state index contributed by atoms with van der Waals surface area (Å²) in [5.74, 6) is -0.143. The van der Waals surface area contributed by atoms with E-state index in [4.69, 9.17) is 42.0 Å². The smallest absolute Gasteiger partial charge is 0.474 e. The summed E-state index contributed by atoms with van der Waals surface area (Å²) in [4.78, 5) is 68.4. The van der Waals surface area contributed by atoms with Crippen molar-refractivity contribution in [3.05, 3.63) is 181 Å². The Balaban J connectivity index is 0.692. The first kappa shape index (κ1) is 96.8. The first-order chi connectivity index (χ1) is 62.8. The van der Waals surface area contributed by atoms with Gasteiger partial charge in [0.2, 0.25) is 17.7 Å². The molecule has 6 aromatic carbocycles. The second kappa shape index (κ2) is 45.8. The zero-order valence-electron chi connectivity index (χ0n) is 70.5. The summed E-state index contributed by atoms with van der Waals surface area (Å²) >= 11 is 0. The second-order valence-electron chi connectivity index (χ2n) is 29.3. The number of nitrogens with zero attached hydrogens (tertiary/aromatic N) is 12. The van der Waals surface area contributed by atoms with Crippen LogP contribution in [0, 0.1) is 17.5 Å². The molecule has 0 unspecified atom stereocenters. The molecule has 0 aliphatic rings. The largest absolute Gasteiger partial charge is 0.493 e. The number of ether oxygens (including phenoxy) is 6. The molecule has 0 saturated carbocycles. The molecule has 3 amide bonds. The molecule has 0 fully saturated rings. The van der Waals surface area contributed by atoms with Crippen LogP contribution in [-0.2, 0) is 51.8 Å². The second-order valence-corrected chi connectivity index (χ2v) is 31.0. The Hall–Kier alpha value is -13.3. The highest BCUT2D eigenvalue weighted by atomic mass is 31.2. The predicted molar refractivity (Wildman–Crippen MR) is 457 cm³/mol. The maximum atomic E-state index is 15.0. The van der Waals surface area contributed by atoms with E-state index in [1.165, 1.54) is 128 Å². The Morgan fingerprint density at radius 1 is 0.366 bits per heavy atom. The third kappa shape index (κ3) is 30.7. The lowest BCUT2D eigenvalue weighted by Gasteiger charge is -2.27. The number of benzene rings is 6. The summed E-state index contributed by atoms with van der Waals surface area (Å²) in [6.45, 7) is -5.46. The predicted octanol–water partition coefficient (Wildman–Crippen LogP) is 15.5. The van der Waals surface area contributed by atoms with E-state index in [-0.39, 0.29) is 184 Å². The molecule has 34 nitrogen and oxygen atoms in total. The Labute approximate surface area is 739 Å². The maximum Gasteiger partial charge on any atom is 0.474 e. The van der Waals surface area contributed by atoms with Crippen molar-refractivity contribution in [2.24, 2.45) is 0 Å². The first-order valence-electron chi connectivity index (χ1n) is 40.7. The average molecular weight is 1860 g/mol. The van der Waals surface area contributed by atoms with E-state index >= 15 is 0 Å². The Bertz CT molecular complexity index is 5330. The number of nitrogens with one attached hydrogen (secondary N) is 9. The van der Waals surface area contributed by atoms with Gasteiger partial charge in [-0.3, -0.25) is 43.3 Å². The van der Waals surface area contributed by atoms with Crippen LogP contribution in [0.25, 0.3) is 32.7 Å². The Morgan fingerprint density at radius 2 is 0.656 bits per heavy atom. The van der Waals surface area contributed by atoms with Crippen LogP contribution in [-0.4, -0.2) is 231 Å². The van der Waals surface area contributed by atoms with Crippen LogP contribution in [0.2, 0.25) is 0 Å². The average Bonchev–Trinajstić information content (AvgIpc) is 1.50. The molecule has 6 aromatic heterocycles. The van der Waals surface area contributed by atoms with Gasteiger partial charge in [-0.1, -0.05) is 18.2 Å². The van der Waals surface area contributed by atoms with Crippen LogP contribution in [0.1, 0.15) is 55.6 Å². The molecular weight excluding hydrogens is 1770 g/mol. The molecule has 12 aromatic rings. The number of carbonyl (C=O) groups excluding carboxylic acids is 3. The Morgan fingerprint density at radius 3 is 0.924 bits per heavy atom. The van der Waals surface area contributed by atoms with Crippen molar-refractivity contribution in [2.45, 2.75) is 76.3 Å². The van der Waals surface area contributed by atoms with E-state index in [2.05, 4.69) is 92.4 Å². The van der Waals surface area contributed by atoms with E-state index in [1.807, 2.05) is 0 Å². The van der Waals surface area contributed by atoms with Gasteiger partial charge in [-0.2, -0.15) is 54.8 Å². The van der Waals surface area contributed by atoms with Crippen LogP contribution in [0.15, 0.2) is 146 Å². The van der Waals surface area contributed by atoms with Crippen molar-refractivity contribution in [2.75, 3.05) is 152 Å². The van der Waals surface area contributed by atoms with Crippen molar-refractivity contribution in [3.8, 4) is 34.5 Å². The minimum Gasteiger partial charge on any atom is -0.493 e. The lowest BCUT2D eigenvalue weighted by Crippen LogP contribution is -2.34. The minimum atomic E-state index is -4.96. The number of hydrogen-bond acceptors (Lipinski definition) is 28. The number of anilines is 9. The van der Waals surface area contributed by atoms with Crippen molar-refractivity contribution >= 4 is 110 Å². The van der Waals surface area contributed by atoms with Gasteiger partial charge in [0.1, 0.15) is 53.9 Å².